The molecule has 0 N–H and O–H groups in total. The van der Waals surface area contributed by atoms with Gasteiger partial charge in [-0.15, -0.1) is 0 Å². The molecule has 1 aliphatic rings. The summed E-state index contributed by atoms with van der Waals surface area (Å²) in [5.74, 6) is 0. The van der Waals surface area contributed by atoms with E-state index in [-0.39, 0.29) is 24.6 Å². The molecule has 0 nitrogen and oxygen atoms in total. The molecule has 0 saturated carbocycles. The first-order valence-corrected chi connectivity index (χ1v) is 10.7. The first-order valence-electron chi connectivity index (χ1n) is 3.11. The molecule has 1 unspecified atom stereocenters. The van der Waals surface area contributed by atoms with E-state index < -0.39 is 0 Å². The summed E-state index contributed by atoms with van der Waals surface area (Å²) >= 11 is -0.285. The summed E-state index contributed by atoms with van der Waals surface area (Å²) in [6.07, 6.45) is 4.55. The van der Waals surface area contributed by atoms with Crippen LogP contribution in [0.2, 0.25) is 6.98 Å². The Labute approximate surface area is 60.9 Å². The Balaban J connectivity index is 2.12. The molecule has 1 atom stereocenters. The van der Waals surface area contributed by atoms with E-state index >= 15 is 0 Å². The summed E-state index contributed by atoms with van der Waals surface area (Å²) in [7, 11) is 3.73. The molecule has 35 valence electrons. The molecule has 0 aromatic rings. The molecule has 0 amide bonds. The van der Waals surface area contributed by atoms with Crippen molar-refractivity contribution in [3.8, 4) is 0 Å². The Morgan fingerprint density at radius 3 is 2.57 bits per heavy atom. The first-order chi connectivity index (χ1) is 3.39. The molecular weight excluding hydrogens is 289 g/mol. The van der Waals surface area contributed by atoms with Crippen LogP contribution < -0.4 is 0 Å². The van der Waals surface area contributed by atoms with Gasteiger partial charge >= 0.3 is 61.1 Å². The van der Waals surface area contributed by atoms with Crippen molar-refractivity contribution in [2.45, 2.75) is 26.2 Å². The van der Waals surface area contributed by atoms with Gasteiger partial charge in [0.2, 0.25) is 0 Å². The summed E-state index contributed by atoms with van der Waals surface area (Å²) in [5.41, 5.74) is 0. The first kappa shape index (κ1) is 6.27. The maximum absolute atomic E-state index is 3.73. The zero-order valence-corrected chi connectivity index (χ0v) is 11.1. The van der Waals surface area contributed by atoms with Crippen LogP contribution in [0.25, 0.3) is 0 Å². The molecule has 1 rings (SSSR count). The van der Waals surface area contributed by atoms with E-state index in [0.717, 1.165) is 3.05 Å². The van der Waals surface area contributed by atoms with Gasteiger partial charge in [0.1, 0.15) is 0 Å². The predicted molar refractivity (Wildman–Crippen MR) is 28.2 cm³/mol. The van der Waals surface area contributed by atoms with Crippen molar-refractivity contribution in [2.24, 2.45) is 0 Å². The van der Waals surface area contributed by atoms with Gasteiger partial charge in [0, 0.05) is 0 Å². The van der Waals surface area contributed by atoms with E-state index in [1.165, 1.54) is 12.8 Å². The fourth-order valence-corrected chi connectivity index (χ4v) is 9.75. The molecule has 1 saturated heterocycles. The quantitative estimate of drug-likeness (QED) is 0.596. The number of rotatable bonds is 0. The van der Waals surface area contributed by atoms with Crippen molar-refractivity contribution in [1.82, 2.24) is 0 Å². The van der Waals surface area contributed by atoms with Gasteiger partial charge in [-0.3, -0.25) is 0 Å². The molecule has 0 aromatic heterocycles. The van der Waals surface area contributed by atoms with Crippen LogP contribution in [0.4, 0.5) is 0 Å². The third-order valence-electron chi connectivity index (χ3n) is 1.61. The molecule has 3 radical (unpaired) electrons. The molecule has 7 heavy (non-hydrogen) atoms. The molecule has 2 heteroatoms. The van der Waals surface area contributed by atoms with Gasteiger partial charge < -0.3 is 0 Å². The van der Waals surface area contributed by atoms with E-state index in [1.807, 2.05) is 0 Å². The van der Waals surface area contributed by atoms with Crippen LogP contribution in [-0.4, -0.2) is 10.2 Å². The summed E-state index contributed by atoms with van der Waals surface area (Å²) in [5, 5.41) is 0. The molecule has 0 aromatic carbocycles. The topological polar surface area (TPSA) is 0 Å². The molecule has 0 bridgehead atoms. The van der Waals surface area contributed by atoms with Crippen LogP contribution in [0.15, 0.2) is 0 Å². The van der Waals surface area contributed by atoms with Crippen LogP contribution in [0.3, 0.4) is 0 Å². The standard InChI is InChI=1S/C5H9Si.Hg/c1-2-3-4-5-6;/h5H,1-4H2;. The minimum absolute atomic E-state index is 0.285. The van der Waals surface area contributed by atoms with Gasteiger partial charge in [0.15, 0.2) is 0 Å². The Kier molecular flexibility index (Phi) is 2.90. The van der Waals surface area contributed by atoms with Crippen LogP contribution in [0.1, 0.15) is 19.3 Å². The second kappa shape index (κ2) is 3.23. The van der Waals surface area contributed by atoms with Crippen molar-refractivity contribution in [1.29, 1.82) is 0 Å². The number of hydrogen-bond donors (Lipinski definition) is 0. The van der Waals surface area contributed by atoms with Crippen molar-refractivity contribution >= 4 is 10.2 Å². The van der Waals surface area contributed by atoms with Crippen molar-refractivity contribution < 1.29 is 24.6 Å². The van der Waals surface area contributed by atoms with E-state index in [9.17, 15) is 0 Å². The zero-order chi connectivity index (χ0) is 5.11. The maximum atomic E-state index is 3.73. The van der Waals surface area contributed by atoms with E-state index in [0.29, 0.717) is 0 Å². The Morgan fingerprint density at radius 2 is 2.29 bits per heavy atom. The second-order valence-electron chi connectivity index (χ2n) is 2.33. The molecule has 1 heterocycles. The van der Waals surface area contributed by atoms with Gasteiger partial charge in [0.25, 0.3) is 0 Å². The van der Waals surface area contributed by atoms with Crippen molar-refractivity contribution in [3.05, 3.63) is 0 Å². The van der Waals surface area contributed by atoms with Crippen LogP contribution in [0.5, 0.6) is 0 Å². The van der Waals surface area contributed by atoms with Gasteiger partial charge in [-0.1, -0.05) is 0 Å². The summed E-state index contributed by atoms with van der Waals surface area (Å²) in [4.78, 5) is 0. The number of hydrogen-bond acceptors (Lipinski definition) is 0. The molecule has 1 fully saturated rings. The third kappa shape index (κ3) is 2.27. The SMILES string of the molecule is [Si][CH]1CCC[CH2][Hg]1. The van der Waals surface area contributed by atoms with E-state index in [1.54, 1.807) is 10.4 Å². The monoisotopic (exact) mass is 299 g/mol. The Bertz CT molecular complexity index is 50.0. The zero-order valence-electron chi connectivity index (χ0n) is 4.61. The van der Waals surface area contributed by atoms with Crippen molar-refractivity contribution in [3.63, 3.8) is 0 Å². The fraction of sp³-hybridized carbons (Fsp3) is 1.00. The van der Waals surface area contributed by atoms with Gasteiger partial charge in [-0.25, -0.2) is 0 Å². The molecule has 0 spiro atoms. The third-order valence-corrected chi connectivity index (χ3v) is 12.3. The van der Waals surface area contributed by atoms with Crippen LogP contribution in [0, 0.1) is 0 Å². The normalized spacial score (nSPS) is 30.7. The van der Waals surface area contributed by atoms with Gasteiger partial charge in [-0.2, -0.15) is 0 Å². The summed E-state index contributed by atoms with van der Waals surface area (Å²) < 4.78 is 2.72. The summed E-state index contributed by atoms with van der Waals surface area (Å²) in [6, 6.07) is 0. The van der Waals surface area contributed by atoms with E-state index in [4.69, 9.17) is 0 Å². The van der Waals surface area contributed by atoms with Crippen molar-refractivity contribution in [2.75, 3.05) is 0 Å². The molecular formula is C5H9HgSi. The molecule has 0 aliphatic carbocycles. The Morgan fingerprint density at radius 1 is 1.43 bits per heavy atom. The average Bonchev–Trinajstić information content (AvgIpc) is 1.69. The van der Waals surface area contributed by atoms with Crippen LogP contribution in [-0.2, 0) is 24.6 Å². The fourth-order valence-electron chi connectivity index (χ4n) is 1.10. The van der Waals surface area contributed by atoms with Crippen LogP contribution >= 0.6 is 0 Å². The minimum atomic E-state index is -0.285. The molecule has 1 aliphatic heterocycles. The second-order valence-corrected chi connectivity index (χ2v) is 15.2. The van der Waals surface area contributed by atoms with E-state index in [2.05, 4.69) is 10.2 Å². The average molecular weight is 298 g/mol. The predicted octanol–water partition coefficient (Wildman–Crippen LogP) is 1.59. The summed E-state index contributed by atoms with van der Waals surface area (Å²) in [6.45, 7) is 0. The van der Waals surface area contributed by atoms with Gasteiger partial charge in [0.05, 0.1) is 0 Å². The Hall–Kier alpha value is 1.15. The van der Waals surface area contributed by atoms with Gasteiger partial charge in [-0.05, 0) is 0 Å².